The van der Waals surface area contributed by atoms with Crippen LogP contribution in [0.4, 0.5) is 0 Å². The number of rotatable bonds is 7. The Morgan fingerprint density at radius 1 is 1.44 bits per heavy atom. The maximum Gasteiger partial charge on any atom is 0.328 e. The highest BCUT2D eigenvalue weighted by atomic mass is 16.6. The highest BCUT2D eigenvalue weighted by Gasteiger charge is 2.52. The maximum atomic E-state index is 12.2. The lowest BCUT2D eigenvalue weighted by atomic mass is 9.93. The summed E-state index contributed by atoms with van der Waals surface area (Å²) in [5.74, 6) is 0.118. The third kappa shape index (κ3) is 2.84. The number of esters is 1. The molecule has 0 amide bonds. The van der Waals surface area contributed by atoms with Gasteiger partial charge in [-0.2, -0.15) is 0 Å². The number of methoxy groups -OCH3 is 1. The Morgan fingerprint density at radius 2 is 2.11 bits per heavy atom. The molecule has 1 unspecified atom stereocenters. The zero-order valence-electron chi connectivity index (χ0n) is 11.4. The summed E-state index contributed by atoms with van der Waals surface area (Å²) in [6, 6.07) is 0.214. The summed E-state index contributed by atoms with van der Waals surface area (Å²) in [5.41, 5.74) is -0.682. The SMILES string of the molecule is COC(=O)C(COC1COC1)(NC(C)C)C1CC1. The van der Waals surface area contributed by atoms with E-state index in [0.717, 1.165) is 12.8 Å². The van der Waals surface area contributed by atoms with E-state index >= 15 is 0 Å². The predicted molar refractivity (Wildman–Crippen MR) is 66.3 cm³/mol. The lowest BCUT2D eigenvalue weighted by Crippen LogP contribution is -2.61. The molecule has 5 heteroatoms. The first-order chi connectivity index (χ1) is 8.58. The zero-order valence-corrected chi connectivity index (χ0v) is 11.4. The molecular formula is C13H23NO4. The maximum absolute atomic E-state index is 12.2. The van der Waals surface area contributed by atoms with Crippen LogP contribution in [0, 0.1) is 5.92 Å². The second kappa shape index (κ2) is 5.55. The summed E-state index contributed by atoms with van der Waals surface area (Å²) in [5, 5.41) is 3.37. The van der Waals surface area contributed by atoms with E-state index in [2.05, 4.69) is 5.32 Å². The van der Waals surface area contributed by atoms with Gasteiger partial charge in [-0.15, -0.1) is 0 Å². The molecule has 1 aliphatic carbocycles. The molecule has 1 heterocycles. The fourth-order valence-corrected chi connectivity index (χ4v) is 2.39. The van der Waals surface area contributed by atoms with Crippen molar-refractivity contribution in [3.05, 3.63) is 0 Å². The van der Waals surface area contributed by atoms with Gasteiger partial charge in [-0.3, -0.25) is 5.32 Å². The van der Waals surface area contributed by atoms with Crippen molar-refractivity contribution in [2.45, 2.75) is 44.4 Å². The molecule has 0 aromatic heterocycles. The summed E-state index contributed by atoms with van der Waals surface area (Å²) in [7, 11) is 1.44. The van der Waals surface area contributed by atoms with Crippen LogP contribution in [0.15, 0.2) is 0 Å². The molecule has 0 radical (unpaired) electrons. The Kier molecular flexibility index (Phi) is 4.25. The van der Waals surface area contributed by atoms with Crippen LogP contribution >= 0.6 is 0 Å². The highest BCUT2D eigenvalue weighted by Crippen LogP contribution is 2.41. The van der Waals surface area contributed by atoms with Gasteiger partial charge in [0, 0.05) is 6.04 Å². The molecule has 2 aliphatic rings. The van der Waals surface area contributed by atoms with Crippen LogP contribution in [0.3, 0.4) is 0 Å². The lowest BCUT2D eigenvalue weighted by molar-refractivity contribution is -0.167. The van der Waals surface area contributed by atoms with Gasteiger partial charge in [-0.1, -0.05) is 0 Å². The molecule has 1 saturated heterocycles. The van der Waals surface area contributed by atoms with E-state index in [9.17, 15) is 4.79 Å². The van der Waals surface area contributed by atoms with E-state index < -0.39 is 5.54 Å². The van der Waals surface area contributed by atoms with Crippen LogP contribution in [-0.4, -0.2) is 50.6 Å². The molecule has 0 aromatic rings. The predicted octanol–water partition coefficient (Wildman–Crippen LogP) is 0.722. The molecule has 0 aromatic carbocycles. The number of hydrogen-bond donors (Lipinski definition) is 1. The lowest BCUT2D eigenvalue weighted by Gasteiger charge is -2.36. The third-order valence-electron chi connectivity index (χ3n) is 3.52. The minimum absolute atomic E-state index is 0.127. The minimum atomic E-state index is -0.682. The minimum Gasteiger partial charge on any atom is -0.468 e. The van der Waals surface area contributed by atoms with Crippen LogP contribution in [0.1, 0.15) is 26.7 Å². The van der Waals surface area contributed by atoms with Crippen LogP contribution < -0.4 is 5.32 Å². The molecule has 0 bridgehead atoms. The zero-order chi connectivity index (χ0) is 13.2. The van der Waals surface area contributed by atoms with Crippen molar-refractivity contribution in [3.63, 3.8) is 0 Å². The van der Waals surface area contributed by atoms with Crippen molar-refractivity contribution in [2.75, 3.05) is 26.9 Å². The van der Waals surface area contributed by atoms with E-state index in [1.54, 1.807) is 0 Å². The molecule has 104 valence electrons. The monoisotopic (exact) mass is 257 g/mol. The number of carbonyl (C=O) groups is 1. The molecule has 2 rings (SSSR count). The number of hydrogen-bond acceptors (Lipinski definition) is 5. The quantitative estimate of drug-likeness (QED) is 0.681. The largest absolute Gasteiger partial charge is 0.468 e. The molecule has 1 saturated carbocycles. The third-order valence-corrected chi connectivity index (χ3v) is 3.52. The second-order valence-corrected chi connectivity index (χ2v) is 5.51. The topological polar surface area (TPSA) is 56.8 Å². The first-order valence-electron chi connectivity index (χ1n) is 6.64. The van der Waals surface area contributed by atoms with E-state index in [-0.39, 0.29) is 18.1 Å². The molecule has 1 aliphatic heterocycles. The summed E-state index contributed by atoms with van der Waals surface area (Å²) in [4.78, 5) is 12.2. The Hall–Kier alpha value is -0.650. The molecule has 1 N–H and O–H groups in total. The van der Waals surface area contributed by atoms with E-state index in [4.69, 9.17) is 14.2 Å². The summed E-state index contributed by atoms with van der Waals surface area (Å²) in [6.45, 7) is 5.70. The number of ether oxygens (including phenoxy) is 3. The Morgan fingerprint density at radius 3 is 2.50 bits per heavy atom. The van der Waals surface area contributed by atoms with Crippen LogP contribution in [0.25, 0.3) is 0 Å². The van der Waals surface area contributed by atoms with E-state index in [1.165, 1.54) is 7.11 Å². The van der Waals surface area contributed by atoms with Gasteiger partial charge >= 0.3 is 5.97 Å². The number of nitrogens with one attached hydrogen (secondary N) is 1. The average Bonchev–Trinajstić information content (AvgIpc) is 3.07. The summed E-state index contributed by atoms with van der Waals surface area (Å²) < 4.78 is 15.9. The molecule has 0 spiro atoms. The smallest absolute Gasteiger partial charge is 0.328 e. The van der Waals surface area contributed by atoms with Crippen LogP contribution in [0.2, 0.25) is 0 Å². The van der Waals surface area contributed by atoms with Crippen molar-refractivity contribution in [2.24, 2.45) is 5.92 Å². The number of carbonyl (C=O) groups excluding carboxylic acids is 1. The standard InChI is InChI=1S/C13H23NO4/c1-9(2)14-13(10-4-5-10,12(15)16-3)8-18-11-6-17-7-11/h9-11,14H,4-8H2,1-3H3. The Labute approximate surface area is 108 Å². The van der Waals surface area contributed by atoms with Gasteiger partial charge in [-0.25, -0.2) is 4.79 Å². The first-order valence-corrected chi connectivity index (χ1v) is 6.64. The van der Waals surface area contributed by atoms with Gasteiger partial charge in [0.1, 0.15) is 11.6 Å². The van der Waals surface area contributed by atoms with Crippen molar-refractivity contribution in [3.8, 4) is 0 Å². The van der Waals surface area contributed by atoms with Crippen molar-refractivity contribution < 1.29 is 19.0 Å². The van der Waals surface area contributed by atoms with Crippen LogP contribution in [0.5, 0.6) is 0 Å². The Balaban J connectivity index is 2.04. The van der Waals surface area contributed by atoms with Gasteiger partial charge in [0.15, 0.2) is 0 Å². The fraction of sp³-hybridized carbons (Fsp3) is 0.923. The molecule has 1 atom stereocenters. The normalized spacial score (nSPS) is 23.6. The average molecular weight is 257 g/mol. The van der Waals surface area contributed by atoms with Gasteiger partial charge in [0.25, 0.3) is 0 Å². The van der Waals surface area contributed by atoms with Crippen molar-refractivity contribution in [1.29, 1.82) is 0 Å². The molecule has 5 nitrogen and oxygen atoms in total. The van der Waals surface area contributed by atoms with Gasteiger partial charge < -0.3 is 14.2 Å². The first kappa shape index (κ1) is 13.8. The molecule has 2 fully saturated rings. The van der Waals surface area contributed by atoms with Crippen molar-refractivity contribution >= 4 is 5.97 Å². The van der Waals surface area contributed by atoms with Crippen molar-refractivity contribution in [1.82, 2.24) is 5.32 Å². The van der Waals surface area contributed by atoms with Gasteiger partial charge in [0.05, 0.1) is 26.9 Å². The molecule has 18 heavy (non-hydrogen) atoms. The summed E-state index contributed by atoms with van der Waals surface area (Å²) >= 11 is 0. The molecular weight excluding hydrogens is 234 g/mol. The van der Waals surface area contributed by atoms with Gasteiger partial charge in [-0.05, 0) is 32.6 Å². The Bertz CT molecular complexity index is 299. The second-order valence-electron chi connectivity index (χ2n) is 5.51. The van der Waals surface area contributed by atoms with E-state index in [1.807, 2.05) is 13.8 Å². The van der Waals surface area contributed by atoms with E-state index in [0.29, 0.717) is 25.7 Å². The fourth-order valence-electron chi connectivity index (χ4n) is 2.39. The van der Waals surface area contributed by atoms with Gasteiger partial charge in [0.2, 0.25) is 0 Å². The summed E-state index contributed by atoms with van der Waals surface area (Å²) in [6.07, 6.45) is 2.24. The highest BCUT2D eigenvalue weighted by molar-refractivity contribution is 5.82. The van der Waals surface area contributed by atoms with Crippen LogP contribution in [-0.2, 0) is 19.0 Å².